The molecule has 1 saturated heterocycles. The van der Waals surface area contributed by atoms with E-state index in [1.165, 1.54) is 19.3 Å². The Balaban J connectivity index is 1.77. The molecule has 4 heteroatoms. The minimum absolute atomic E-state index is 0.390. The van der Waals surface area contributed by atoms with Crippen molar-refractivity contribution in [3.05, 3.63) is 12.4 Å². The summed E-state index contributed by atoms with van der Waals surface area (Å²) >= 11 is 0. The highest BCUT2D eigenvalue weighted by Crippen LogP contribution is 2.40. The molecule has 1 aromatic heterocycles. The molecule has 18 heavy (non-hydrogen) atoms. The zero-order valence-electron chi connectivity index (χ0n) is 11.2. The van der Waals surface area contributed by atoms with Crippen molar-refractivity contribution in [2.45, 2.75) is 51.2 Å². The summed E-state index contributed by atoms with van der Waals surface area (Å²) in [5.74, 6) is 1.51. The first kappa shape index (κ1) is 12.0. The fourth-order valence-corrected chi connectivity index (χ4v) is 3.58. The van der Waals surface area contributed by atoms with Crippen LogP contribution in [0.5, 0.6) is 0 Å². The SMILES string of the molecule is CCn1ccnc1N1CCC2(O)CCCCC2C1. The van der Waals surface area contributed by atoms with Crippen LogP contribution in [0.3, 0.4) is 0 Å². The van der Waals surface area contributed by atoms with Crippen LogP contribution in [-0.4, -0.2) is 33.3 Å². The van der Waals surface area contributed by atoms with Crippen molar-refractivity contribution in [1.82, 2.24) is 9.55 Å². The van der Waals surface area contributed by atoms with E-state index in [2.05, 4.69) is 21.4 Å². The summed E-state index contributed by atoms with van der Waals surface area (Å²) in [4.78, 5) is 6.83. The zero-order chi connectivity index (χ0) is 12.6. The van der Waals surface area contributed by atoms with Crippen LogP contribution in [-0.2, 0) is 6.54 Å². The van der Waals surface area contributed by atoms with Crippen molar-refractivity contribution in [2.24, 2.45) is 5.92 Å². The molecule has 100 valence electrons. The average Bonchev–Trinajstić information content (AvgIpc) is 2.86. The fourth-order valence-electron chi connectivity index (χ4n) is 3.58. The van der Waals surface area contributed by atoms with Gasteiger partial charge in [0, 0.05) is 37.9 Å². The molecule has 3 rings (SSSR count). The molecule has 2 heterocycles. The van der Waals surface area contributed by atoms with Crippen LogP contribution in [0.2, 0.25) is 0 Å². The molecule has 1 saturated carbocycles. The van der Waals surface area contributed by atoms with Gasteiger partial charge in [-0.1, -0.05) is 12.8 Å². The van der Waals surface area contributed by atoms with Gasteiger partial charge in [0.25, 0.3) is 0 Å². The molecule has 0 bridgehead atoms. The fraction of sp³-hybridized carbons (Fsp3) is 0.786. The van der Waals surface area contributed by atoms with Gasteiger partial charge < -0.3 is 14.6 Å². The Morgan fingerprint density at radius 2 is 2.33 bits per heavy atom. The van der Waals surface area contributed by atoms with Gasteiger partial charge >= 0.3 is 0 Å². The van der Waals surface area contributed by atoms with E-state index in [-0.39, 0.29) is 0 Å². The third kappa shape index (κ3) is 1.92. The van der Waals surface area contributed by atoms with Gasteiger partial charge in [0.05, 0.1) is 5.60 Å². The third-order valence-corrected chi connectivity index (χ3v) is 4.74. The molecule has 0 spiro atoms. The molecule has 4 nitrogen and oxygen atoms in total. The predicted molar refractivity (Wildman–Crippen MR) is 71.6 cm³/mol. The number of hydrogen-bond acceptors (Lipinski definition) is 3. The first-order valence-corrected chi connectivity index (χ1v) is 7.21. The molecule has 1 aliphatic carbocycles. The van der Waals surface area contributed by atoms with Crippen LogP contribution >= 0.6 is 0 Å². The van der Waals surface area contributed by atoms with E-state index in [4.69, 9.17) is 0 Å². The summed E-state index contributed by atoms with van der Waals surface area (Å²) < 4.78 is 2.19. The molecule has 0 aromatic carbocycles. The highest BCUT2D eigenvalue weighted by atomic mass is 16.3. The van der Waals surface area contributed by atoms with E-state index in [0.29, 0.717) is 5.92 Å². The Kier molecular flexibility index (Phi) is 3.06. The second-order valence-electron chi connectivity index (χ2n) is 5.76. The minimum Gasteiger partial charge on any atom is -0.389 e. The predicted octanol–water partition coefficient (Wildman–Crippen LogP) is 2.03. The zero-order valence-corrected chi connectivity index (χ0v) is 11.2. The lowest BCUT2D eigenvalue weighted by Crippen LogP contribution is -2.53. The molecule has 2 fully saturated rings. The van der Waals surface area contributed by atoms with Crippen LogP contribution in [0.25, 0.3) is 0 Å². The molecule has 2 aliphatic rings. The molecule has 0 radical (unpaired) electrons. The Labute approximate surface area is 109 Å². The maximum absolute atomic E-state index is 10.7. The van der Waals surface area contributed by atoms with Crippen LogP contribution in [0.1, 0.15) is 39.0 Å². The number of aryl methyl sites for hydroxylation is 1. The van der Waals surface area contributed by atoms with E-state index in [1.54, 1.807) is 0 Å². The van der Waals surface area contributed by atoms with Crippen LogP contribution in [0, 0.1) is 5.92 Å². The average molecular weight is 249 g/mol. The number of nitrogens with zero attached hydrogens (tertiary/aromatic N) is 3. The molecular formula is C14H23N3O. The summed E-state index contributed by atoms with van der Waals surface area (Å²) in [7, 11) is 0. The molecule has 0 amide bonds. The summed E-state index contributed by atoms with van der Waals surface area (Å²) in [5, 5.41) is 10.7. The van der Waals surface area contributed by atoms with Crippen LogP contribution < -0.4 is 4.90 Å². The summed E-state index contributed by atoms with van der Waals surface area (Å²) in [6.45, 7) is 5.00. The van der Waals surface area contributed by atoms with Gasteiger partial charge in [-0.05, 0) is 26.2 Å². The molecule has 1 aliphatic heterocycles. The number of rotatable bonds is 2. The molecule has 2 atom stereocenters. The standard InChI is InChI=1S/C14H23N3O/c1-2-16-10-8-15-13(16)17-9-7-14(18)6-4-3-5-12(14)11-17/h8,10,12,18H,2-7,9,11H2,1H3. The lowest BCUT2D eigenvalue weighted by atomic mass is 9.71. The van der Waals surface area contributed by atoms with Gasteiger partial charge in [0.1, 0.15) is 0 Å². The maximum Gasteiger partial charge on any atom is 0.205 e. The Morgan fingerprint density at radius 3 is 3.17 bits per heavy atom. The minimum atomic E-state index is -0.390. The first-order chi connectivity index (χ1) is 8.73. The normalized spacial score (nSPS) is 32.3. The lowest BCUT2D eigenvalue weighted by molar-refractivity contribution is -0.0615. The van der Waals surface area contributed by atoms with Crippen molar-refractivity contribution in [3.63, 3.8) is 0 Å². The number of aliphatic hydroxyl groups is 1. The molecule has 1 aromatic rings. The highest BCUT2D eigenvalue weighted by Gasteiger charge is 2.43. The van der Waals surface area contributed by atoms with Crippen LogP contribution in [0.4, 0.5) is 5.95 Å². The molecule has 2 unspecified atom stereocenters. The van der Waals surface area contributed by atoms with Crippen molar-refractivity contribution in [2.75, 3.05) is 18.0 Å². The van der Waals surface area contributed by atoms with Gasteiger partial charge in [-0.15, -0.1) is 0 Å². The Hall–Kier alpha value is -1.03. The van der Waals surface area contributed by atoms with Crippen molar-refractivity contribution in [3.8, 4) is 0 Å². The number of hydrogen-bond donors (Lipinski definition) is 1. The van der Waals surface area contributed by atoms with Gasteiger partial charge in [0.2, 0.25) is 5.95 Å². The van der Waals surface area contributed by atoms with E-state index in [9.17, 15) is 5.11 Å². The summed E-state index contributed by atoms with van der Waals surface area (Å²) in [6, 6.07) is 0. The van der Waals surface area contributed by atoms with E-state index in [1.807, 2.05) is 12.4 Å². The number of imidazole rings is 1. The van der Waals surface area contributed by atoms with Gasteiger partial charge in [-0.3, -0.25) is 0 Å². The quantitative estimate of drug-likeness (QED) is 0.872. The van der Waals surface area contributed by atoms with Crippen molar-refractivity contribution < 1.29 is 5.11 Å². The van der Waals surface area contributed by atoms with Crippen LogP contribution in [0.15, 0.2) is 12.4 Å². The number of anilines is 1. The number of aromatic nitrogens is 2. The molecular weight excluding hydrogens is 226 g/mol. The number of fused-ring (bicyclic) bond motifs is 1. The lowest BCUT2D eigenvalue weighted by Gasteiger charge is -2.47. The maximum atomic E-state index is 10.7. The summed E-state index contributed by atoms with van der Waals surface area (Å²) in [5.41, 5.74) is -0.390. The van der Waals surface area contributed by atoms with E-state index in [0.717, 1.165) is 38.4 Å². The highest BCUT2D eigenvalue weighted by molar-refractivity contribution is 5.33. The van der Waals surface area contributed by atoms with Crippen molar-refractivity contribution >= 4 is 5.95 Å². The second kappa shape index (κ2) is 4.57. The monoisotopic (exact) mass is 249 g/mol. The van der Waals surface area contributed by atoms with Gasteiger partial charge in [-0.25, -0.2) is 4.98 Å². The van der Waals surface area contributed by atoms with E-state index < -0.39 is 5.60 Å². The second-order valence-corrected chi connectivity index (χ2v) is 5.76. The summed E-state index contributed by atoms with van der Waals surface area (Å²) in [6.07, 6.45) is 9.43. The smallest absolute Gasteiger partial charge is 0.205 e. The van der Waals surface area contributed by atoms with Gasteiger partial charge in [-0.2, -0.15) is 0 Å². The van der Waals surface area contributed by atoms with Gasteiger partial charge in [0.15, 0.2) is 0 Å². The number of piperidine rings is 1. The largest absolute Gasteiger partial charge is 0.389 e. The third-order valence-electron chi connectivity index (χ3n) is 4.74. The Bertz CT molecular complexity index is 417. The van der Waals surface area contributed by atoms with Crippen molar-refractivity contribution in [1.29, 1.82) is 0 Å². The Morgan fingerprint density at radius 1 is 1.44 bits per heavy atom. The topological polar surface area (TPSA) is 41.3 Å². The molecule has 1 N–H and O–H groups in total. The van der Waals surface area contributed by atoms with E-state index >= 15 is 0 Å². The first-order valence-electron chi connectivity index (χ1n) is 7.21.